The zero-order chi connectivity index (χ0) is 13.2. The van der Waals surface area contributed by atoms with Crippen molar-refractivity contribution in [1.29, 1.82) is 0 Å². The molecule has 0 unspecified atom stereocenters. The van der Waals surface area contributed by atoms with Crippen LogP contribution in [0.5, 0.6) is 0 Å². The van der Waals surface area contributed by atoms with E-state index in [4.69, 9.17) is 0 Å². The van der Waals surface area contributed by atoms with Crippen molar-refractivity contribution in [2.24, 2.45) is 0 Å². The van der Waals surface area contributed by atoms with E-state index >= 15 is 0 Å². The molecule has 0 saturated heterocycles. The van der Waals surface area contributed by atoms with Crippen LogP contribution in [0.4, 0.5) is 0 Å². The Morgan fingerprint density at radius 3 is 2.33 bits per heavy atom. The minimum atomic E-state index is 0.167. The predicted molar refractivity (Wildman–Crippen MR) is 77.5 cm³/mol. The Labute approximate surface area is 110 Å². The Kier molecular flexibility index (Phi) is 3.72. The van der Waals surface area contributed by atoms with E-state index in [9.17, 15) is 5.11 Å². The number of benzene rings is 1. The second-order valence-electron chi connectivity index (χ2n) is 5.94. The zero-order valence-corrected chi connectivity index (χ0v) is 11.5. The molecule has 1 N–H and O–H groups in total. The van der Waals surface area contributed by atoms with Gasteiger partial charge in [0.25, 0.3) is 0 Å². The van der Waals surface area contributed by atoms with Crippen LogP contribution < -0.4 is 0 Å². The van der Waals surface area contributed by atoms with Gasteiger partial charge in [-0.3, -0.25) is 0 Å². The third kappa shape index (κ3) is 2.73. The highest BCUT2D eigenvalue weighted by atomic mass is 16.3. The standard InChI is InChI=1S/C17H22O/c1-17(2,3)15-10-8-13(9-11-15)16-7-5-4-6-14(16)12-18/h5,7-11,18H,4,6,12H2,1-3H3. The third-order valence-electron chi connectivity index (χ3n) is 3.53. The van der Waals surface area contributed by atoms with E-state index in [1.165, 1.54) is 16.7 Å². The minimum Gasteiger partial charge on any atom is -0.392 e. The summed E-state index contributed by atoms with van der Waals surface area (Å²) in [6, 6.07) is 8.72. The number of rotatable bonds is 2. The van der Waals surface area contributed by atoms with E-state index < -0.39 is 0 Å². The highest BCUT2D eigenvalue weighted by molar-refractivity contribution is 5.77. The van der Waals surface area contributed by atoms with Crippen LogP contribution in [0.3, 0.4) is 0 Å². The first-order chi connectivity index (χ1) is 8.52. The molecule has 0 saturated carbocycles. The lowest BCUT2D eigenvalue weighted by atomic mass is 9.85. The molecule has 0 radical (unpaired) electrons. The van der Waals surface area contributed by atoms with Crippen molar-refractivity contribution >= 4 is 5.57 Å². The first-order valence-electron chi connectivity index (χ1n) is 6.62. The maximum atomic E-state index is 9.41. The van der Waals surface area contributed by atoms with Gasteiger partial charge in [0.2, 0.25) is 0 Å². The summed E-state index contributed by atoms with van der Waals surface area (Å²) in [6.07, 6.45) is 6.34. The van der Waals surface area contributed by atoms with E-state index in [2.05, 4.69) is 57.2 Å². The van der Waals surface area contributed by atoms with Crippen LogP contribution in [0.1, 0.15) is 44.7 Å². The predicted octanol–water partition coefficient (Wildman–Crippen LogP) is 4.08. The molecule has 96 valence electrons. The van der Waals surface area contributed by atoms with Crippen molar-refractivity contribution < 1.29 is 5.11 Å². The van der Waals surface area contributed by atoms with Gasteiger partial charge in [-0.15, -0.1) is 0 Å². The molecule has 0 aliphatic heterocycles. The van der Waals surface area contributed by atoms with E-state index in [1.807, 2.05) is 0 Å². The Morgan fingerprint density at radius 1 is 1.11 bits per heavy atom. The molecule has 0 heterocycles. The molecule has 0 amide bonds. The quantitative estimate of drug-likeness (QED) is 0.828. The monoisotopic (exact) mass is 242 g/mol. The van der Waals surface area contributed by atoms with Crippen molar-refractivity contribution in [1.82, 2.24) is 0 Å². The summed E-state index contributed by atoms with van der Waals surface area (Å²) in [4.78, 5) is 0. The minimum absolute atomic E-state index is 0.167. The van der Waals surface area contributed by atoms with Crippen molar-refractivity contribution in [2.45, 2.75) is 39.0 Å². The normalized spacial score (nSPS) is 16.2. The Balaban J connectivity index is 2.35. The molecular weight excluding hydrogens is 220 g/mol. The first kappa shape index (κ1) is 13.1. The fourth-order valence-electron chi connectivity index (χ4n) is 2.33. The van der Waals surface area contributed by atoms with Crippen molar-refractivity contribution in [2.75, 3.05) is 6.61 Å². The highest BCUT2D eigenvalue weighted by Crippen LogP contribution is 2.29. The lowest BCUT2D eigenvalue weighted by Gasteiger charge is -2.20. The molecule has 18 heavy (non-hydrogen) atoms. The van der Waals surface area contributed by atoms with Gasteiger partial charge in [-0.25, -0.2) is 0 Å². The van der Waals surface area contributed by atoms with Gasteiger partial charge in [0.05, 0.1) is 6.61 Å². The molecule has 0 bridgehead atoms. The van der Waals surface area contributed by atoms with Crippen molar-refractivity contribution in [3.63, 3.8) is 0 Å². The molecule has 2 rings (SSSR count). The Bertz CT molecular complexity index is 469. The summed E-state index contributed by atoms with van der Waals surface area (Å²) in [6.45, 7) is 6.84. The van der Waals surface area contributed by atoms with Crippen LogP contribution in [0.15, 0.2) is 42.0 Å². The number of hydrogen-bond donors (Lipinski definition) is 1. The molecule has 1 aromatic carbocycles. The fourth-order valence-corrected chi connectivity index (χ4v) is 2.33. The van der Waals surface area contributed by atoms with Gasteiger partial charge in [-0.2, -0.15) is 0 Å². The summed E-state index contributed by atoms with van der Waals surface area (Å²) in [7, 11) is 0. The topological polar surface area (TPSA) is 20.2 Å². The van der Waals surface area contributed by atoms with Gasteiger partial charge >= 0.3 is 0 Å². The number of hydrogen-bond acceptors (Lipinski definition) is 1. The fraction of sp³-hybridized carbons (Fsp3) is 0.412. The summed E-state index contributed by atoms with van der Waals surface area (Å²) < 4.78 is 0. The maximum Gasteiger partial charge on any atom is 0.0650 e. The largest absolute Gasteiger partial charge is 0.392 e. The van der Waals surface area contributed by atoms with Crippen LogP contribution in [-0.4, -0.2) is 11.7 Å². The second-order valence-corrected chi connectivity index (χ2v) is 5.94. The van der Waals surface area contributed by atoms with Crippen molar-refractivity contribution in [3.05, 3.63) is 53.1 Å². The Hall–Kier alpha value is -1.34. The lowest BCUT2D eigenvalue weighted by Crippen LogP contribution is -2.10. The molecular formula is C17H22O. The molecule has 1 aliphatic rings. The summed E-state index contributed by atoms with van der Waals surface area (Å²) in [5.41, 5.74) is 5.10. The molecule has 1 aliphatic carbocycles. The van der Waals surface area contributed by atoms with Gasteiger partial charge in [-0.05, 0) is 40.5 Å². The maximum absolute atomic E-state index is 9.41. The number of aliphatic hydroxyl groups is 1. The van der Waals surface area contributed by atoms with Gasteiger partial charge < -0.3 is 5.11 Å². The number of allylic oxidation sites excluding steroid dienone is 3. The summed E-state index contributed by atoms with van der Waals surface area (Å²) >= 11 is 0. The zero-order valence-electron chi connectivity index (χ0n) is 11.5. The lowest BCUT2D eigenvalue weighted by molar-refractivity contribution is 0.327. The van der Waals surface area contributed by atoms with Gasteiger partial charge in [0.15, 0.2) is 0 Å². The van der Waals surface area contributed by atoms with E-state index in [-0.39, 0.29) is 12.0 Å². The molecule has 1 aromatic rings. The van der Waals surface area contributed by atoms with Gasteiger partial charge in [0, 0.05) is 0 Å². The molecule has 1 heteroatoms. The average Bonchev–Trinajstić information content (AvgIpc) is 2.38. The van der Waals surface area contributed by atoms with Crippen molar-refractivity contribution in [3.8, 4) is 0 Å². The van der Waals surface area contributed by atoms with Gasteiger partial charge in [-0.1, -0.05) is 57.2 Å². The molecule has 0 atom stereocenters. The summed E-state index contributed by atoms with van der Waals surface area (Å²) in [5.74, 6) is 0. The molecule has 0 fully saturated rings. The number of aliphatic hydroxyl groups excluding tert-OH is 1. The SMILES string of the molecule is CC(C)(C)c1ccc(C2=C(CO)CCC=C2)cc1. The molecule has 0 spiro atoms. The van der Waals surface area contributed by atoms with Crippen LogP contribution in [-0.2, 0) is 5.41 Å². The first-order valence-corrected chi connectivity index (χ1v) is 6.62. The smallest absolute Gasteiger partial charge is 0.0650 e. The average molecular weight is 242 g/mol. The van der Waals surface area contributed by atoms with Crippen LogP contribution in [0, 0.1) is 0 Å². The van der Waals surface area contributed by atoms with Crippen LogP contribution in [0.25, 0.3) is 5.57 Å². The molecule has 0 aromatic heterocycles. The van der Waals surface area contributed by atoms with Gasteiger partial charge in [0.1, 0.15) is 0 Å². The molecule has 1 nitrogen and oxygen atoms in total. The summed E-state index contributed by atoms with van der Waals surface area (Å²) in [5, 5.41) is 9.41. The van der Waals surface area contributed by atoms with E-state index in [0.29, 0.717) is 0 Å². The van der Waals surface area contributed by atoms with E-state index in [1.54, 1.807) is 0 Å². The van der Waals surface area contributed by atoms with Crippen LogP contribution in [0.2, 0.25) is 0 Å². The Morgan fingerprint density at radius 2 is 1.78 bits per heavy atom. The third-order valence-corrected chi connectivity index (χ3v) is 3.53. The highest BCUT2D eigenvalue weighted by Gasteiger charge is 2.14. The second kappa shape index (κ2) is 5.11. The van der Waals surface area contributed by atoms with Crippen LogP contribution >= 0.6 is 0 Å². The van der Waals surface area contributed by atoms with E-state index in [0.717, 1.165) is 18.4 Å².